The molecular formula is C17H24F3NO8P2. The van der Waals surface area contributed by atoms with Crippen molar-refractivity contribution in [2.75, 3.05) is 18.5 Å². The summed E-state index contributed by atoms with van der Waals surface area (Å²) >= 11 is 0. The van der Waals surface area contributed by atoms with Gasteiger partial charge in [-0.1, -0.05) is 23.3 Å². The molecular weight excluding hydrogens is 465 g/mol. The molecule has 0 aliphatic heterocycles. The Balaban J connectivity index is 2.38. The van der Waals surface area contributed by atoms with Crippen LogP contribution in [0.4, 0.5) is 18.9 Å². The molecule has 1 rings (SSSR count). The molecule has 0 bridgehead atoms. The average molecular weight is 489 g/mol. The number of nitrogens with one attached hydrogen (secondary N) is 1. The summed E-state index contributed by atoms with van der Waals surface area (Å²) in [6.45, 7) is 3.73. The molecule has 1 aromatic rings. The van der Waals surface area contributed by atoms with Gasteiger partial charge in [0.05, 0.1) is 6.61 Å². The zero-order valence-corrected chi connectivity index (χ0v) is 18.5. The number of allylic oxidation sites excluding steroid dienone is 2. The van der Waals surface area contributed by atoms with Crippen molar-refractivity contribution < 1.29 is 50.6 Å². The molecule has 9 nitrogen and oxygen atoms in total. The third-order valence-electron chi connectivity index (χ3n) is 3.57. The minimum absolute atomic E-state index is 0.303. The molecule has 4 N–H and O–H groups in total. The van der Waals surface area contributed by atoms with E-state index >= 15 is 0 Å². The minimum atomic E-state index is -5.14. The van der Waals surface area contributed by atoms with Crippen LogP contribution in [0, 0.1) is 0 Å². The van der Waals surface area contributed by atoms with Crippen LogP contribution in [0.25, 0.3) is 0 Å². The Hall–Kier alpha value is -1.65. The number of phosphoric ester groups is 1. The quantitative estimate of drug-likeness (QED) is 0.239. The minimum Gasteiger partial charge on any atom is -0.406 e. The SMILES string of the molecule is C/C(=C\COP(=O)(O)OP(=O)(O)O)CC/C=C(\C)CNc1ccc(OC(F)(F)F)cc1. The zero-order valence-electron chi connectivity index (χ0n) is 16.7. The van der Waals surface area contributed by atoms with Gasteiger partial charge in [0.25, 0.3) is 0 Å². The van der Waals surface area contributed by atoms with E-state index in [1.54, 1.807) is 6.92 Å². The molecule has 0 aliphatic carbocycles. The van der Waals surface area contributed by atoms with Gasteiger partial charge in [0.15, 0.2) is 0 Å². The number of rotatable bonds is 12. The van der Waals surface area contributed by atoms with Crippen molar-refractivity contribution in [1.82, 2.24) is 0 Å². The lowest BCUT2D eigenvalue weighted by Crippen LogP contribution is -2.17. The van der Waals surface area contributed by atoms with Crippen LogP contribution in [0.15, 0.2) is 47.6 Å². The summed E-state index contributed by atoms with van der Waals surface area (Å²) < 4.78 is 70.2. The molecule has 14 heteroatoms. The lowest BCUT2D eigenvalue weighted by atomic mass is 10.1. The standard InChI is InChI=1S/C17H24F3NO8P2/c1-13(10-11-27-31(25,26)29-30(22,23)24)4-3-5-14(2)12-21-15-6-8-16(9-7-15)28-17(18,19)20/h5-10,21H,3-4,11-12H2,1-2H3,(H,25,26)(H2,22,23,24)/b13-10+,14-5+. The molecule has 1 unspecified atom stereocenters. The molecule has 0 radical (unpaired) electrons. The fourth-order valence-corrected chi connectivity index (χ4v) is 3.69. The number of phosphoric acid groups is 2. The Labute approximate surface area is 177 Å². The van der Waals surface area contributed by atoms with Crippen LogP contribution >= 0.6 is 15.6 Å². The van der Waals surface area contributed by atoms with E-state index in [4.69, 9.17) is 14.7 Å². The maximum absolute atomic E-state index is 12.1. The molecule has 31 heavy (non-hydrogen) atoms. The molecule has 0 spiro atoms. The van der Waals surface area contributed by atoms with Gasteiger partial charge in [-0.3, -0.25) is 4.52 Å². The van der Waals surface area contributed by atoms with Crippen molar-refractivity contribution in [3.8, 4) is 5.75 Å². The maximum Gasteiger partial charge on any atom is 0.573 e. The lowest BCUT2D eigenvalue weighted by Gasteiger charge is -2.11. The fourth-order valence-electron chi connectivity index (χ4n) is 2.17. The summed E-state index contributed by atoms with van der Waals surface area (Å²) in [5.41, 5.74) is 2.42. The van der Waals surface area contributed by atoms with E-state index in [2.05, 4.69) is 18.9 Å². The number of halogens is 3. The van der Waals surface area contributed by atoms with Crippen LogP contribution in [-0.2, 0) is 18.0 Å². The number of benzene rings is 1. The molecule has 0 amide bonds. The summed E-state index contributed by atoms with van der Waals surface area (Å²) in [4.78, 5) is 26.2. The topological polar surface area (TPSA) is 135 Å². The van der Waals surface area contributed by atoms with E-state index < -0.39 is 22.0 Å². The second-order valence-electron chi connectivity index (χ2n) is 6.40. The fraction of sp³-hybridized carbons (Fsp3) is 0.412. The highest BCUT2D eigenvalue weighted by Crippen LogP contribution is 2.57. The van der Waals surface area contributed by atoms with Crippen LogP contribution in [0.3, 0.4) is 0 Å². The van der Waals surface area contributed by atoms with E-state index in [9.17, 15) is 22.3 Å². The normalized spacial score (nSPS) is 15.5. The third kappa shape index (κ3) is 14.1. The predicted octanol–water partition coefficient (Wildman–Crippen LogP) is 4.90. The first-order valence-corrected chi connectivity index (χ1v) is 11.8. The smallest absolute Gasteiger partial charge is 0.406 e. The van der Waals surface area contributed by atoms with E-state index in [1.165, 1.54) is 30.3 Å². The second kappa shape index (κ2) is 11.8. The van der Waals surface area contributed by atoms with E-state index in [-0.39, 0.29) is 12.4 Å². The molecule has 0 heterocycles. The first-order valence-electron chi connectivity index (χ1n) is 8.80. The predicted molar refractivity (Wildman–Crippen MR) is 107 cm³/mol. The maximum atomic E-state index is 12.1. The summed E-state index contributed by atoms with van der Waals surface area (Å²) in [5, 5.41) is 3.07. The van der Waals surface area contributed by atoms with Crippen molar-refractivity contribution in [1.29, 1.82) is 0 Å². The van der Waals surface area contributed by atoms with E-state index in [0.717, 1.165) is 11.1 Å². The molecule has 176 valence electrons. The monoisotopic (exact) mass is 489 g/mol. The molecule has 0 fully saturated rings. The number of alkyl halides is 3. The van der Waals surface area contributed by atoms with Gasteiger partial charge in [0.1, 0.15) is 5.75 Å². The second-order valence-corrected chi connectivity index (χ2v) is 9.23. The lowest BCUT2D eigenvalue weighted by molar-refractivity contribution is -0.274. The van der Waals surface area contributed by atoms with Gasteiger partial charge in [-0.2, -0.15) is 4.31 Å². The number of hydrogen-bond donors (Lipinski definition) is 4. The van der Waals surface area contributed by atoms with Gasteiger partial charge in [0, 0.05) is 12.2 Å². The highest BCUT2D eigenvalue weighted by molar-refractivity contribution is 7.60. The van der Waals surface area contributed by atoms with Crippen molar-refractivity contribution in [2.24, 2.45) is 0 Å². The van der Waals surface area contributed by atoms with E-state index in [1.807, 2.05) is 13.0 Å². The Morgan fingerprint density at radius 1 is 1.06 bits per heavy atom. The van der Waals surface area contributed by atoms with Crippen molar-refractivity contribution in [2.45, 2.75) is 33.1 Å². The Morgan fingerprint density at radius 2 is 1.68 bits per heavy atom. The number of ether oxygens (including phenoxy) is 1. The first-order chi connectivity index (χ1) is 14.2. The van der Waals surface area contributed by atoms with Gasteiger partial charge in [-0.15, -0.1) is 13.2 Å². The first kappa shape index (κ1) is 27.4. The Kier molecular flexibility index (Phi) is 10.4. The highest BCUT2D eigenvalue weighted by atomic mass is 31.3. The molecule has 1 atom stereocenters. The Bertz CT molecular complexity index is 865. The van der Waals surface area contributed by atoms with Gasteiger partial charge >= 0.3 is 22.0 Å². The molecule has 1 aromatic carbocycles. The zero-order chi connectivity index (χ0) is 23.7. The summed E-state index contributed by atoms with van der Waals surface area (Å²) in [6.07, 6.45) is -0.0668. The molecule has 0 aliphatic rings. The van der Waals surface area contributed by atoms with Crippen LogP contribution < -0.4 is 10.1 Å². The summed E-state index contributed by atoms with van der Waals surface area (Å²) in [5.74, 6) is -0.303. The van der Waals surface area contributed by atoms with Crippen LogP contribution in [0.1, 0.15) is 26.7 Å². The highest BCUT2D eigenvalue weighted by Gasteiger charge is 2.32. The largest absolute Gasteiger partial charge is 0.573 e. The van der Waals surface area contributed by atoms with E-state index in [0.29, 0.717) is 25.1 Å². The average Bonchev–Trinajstić information content (AvgIpc) is 2.57. The van der Waals surface area contributed by atoms with Gasteiger partial charge < -0.3 is 24.7 Å². The number of anilines is 1. The van der Waals surface area contributed by atoms with Crippen LogP contribution in [0.5, 0.6) is 5.75 Å². The molecule has 0 saturated carbocycles. The van der Waals surface area contributed by atoms with Crippen molar-refractivity contribution in [3.05, 3.63) is 47.6 Å². The third-order valence-corrected chi connectivity index (χ3v) is 5.72. The number of hydrogen-bond acceptors (Lipinski definition) is 6. The van der Waals surface area contributed by atoms with Gasteiger partial charge in [-0.25, -0.2) is 9.13 Å². The van der Waals surface area contributed by atoms with Gasteiger partial charge in [-0.05, 0) is 51.0 Å². The molecule has 0 saturated heterocycles. The van der Waals surface area contributed by atoms with Crippen LogP contribution in [0.2, 0.25) is 0 Å². The summed E-state index contributed by atoms with van der Waals surface area (Å²) in [6, 6.07) is 5.36. The summed E-state index contributed by atoms with van der Waals surface area (Å²) in [7, 11) is -10.00. The molecule has 0 aromatic heterocycles. The van der Waals surface area contributed by atoms with Crippen molar-refractivity contribution >= 4 is 21.3 Å². The Morgan fingerprint density at radius 3 is 2.23 bits per heavy atom. The van der Waals surface area contributed by atoms with Crippen LogP contribution in [-0.4, -0.2) is 34.2 Å². The van der Waals surface area contributed by atoms with Gasteiger partial charge in [0.2, 0.25) is 0 Å². The van der Waals surface area contributed by atoms with Crippen molar-refractivity contribution in [3.63, 3.8) is 0 Å².